The normalized spacial score (nSPS) is 16.2. The topological polar surface area (TPSA) is 36.1 Å². The van der Waals surface area contributed by atoms with Crippen molar-refractivity contribution < 1.29 is 4.79 Å². The molecule has 1 atom stereocenters. The van der Waals surface area contributed by atoms with Gasteiger partial charge in [0.1, 0.15) is 0 Å². The number of nitrogens with zero attached hydrogens (tertiary/aromatic N) is 1. The Morgan fingerprint density at radius 3 is 2.72 bits per heavy atom. The summed E-state index contributed by atoms with van der Waals surface area (Å²) in [6.45, 7) is 0.744. The lowest BCUT2D eigenvalue weighted by Crippen LogP contribution is -2.41. The SMILES string of the molecule is CSc1ccc([C@H]2c3[nH]c4ccccc4c3CCN2C(=O)Cc2cccs2)cc1. The van der Waals surface area contributed by atoms with E-state index >= 15 is 0 Å². The number of fused-ring (bicyclic) bond motifs is 3. The van der Waals surface area contributed by atoms with Crippen LogP contribution in [0.25, 0.3) is 10.9 Å². The van der Waals surface area contributed by atoms with Crippen LogP contribution in [0.5, 0.6) is 0 Å². The number of H-pyrrole nitrogens is 1. The zero-order valence-electron chi connectivity index (χ0n) is 16.2. The molecule has 1 amide bonds. The predicted molar refractivity (Wildman–Crippen MR) is 122 cm³/mol. The maximum absolute atomic E-state index is 13.3. The fourth-order valence-corrected chi connectivity index (χ4v) is 5.41. The third-order valence-corrected chi connectivity index (χ3v) is 7.31. The molecule has 1 aliphatic rings. The van der Waals surface area contributed by atoms with E-state index in [1.165, 1.54) is 15.8 Å². The molecule has 3 heterocycles. The minimum Gasteiger partial charge on any atom is -0.356 e. The van der Waals surface area contributed by atoms with Crippen LogP contribution in [0.4, 0.5) is 0 Å². The summed E-state index contributed by atoms with van der Waals surface area (Å²) < 4.78 is 0. The van der Waals surface area contributed by atoms with E-state index in [9.17, 15) is 4.79 Å². The molecule has 0 fully saturated rings. The highest BCUT2D eigenvalue weighted by Gasteiger charge is 2.34. The van der Waals surface area contributed by atoms with Crippen molar-refractivity contribution in [3.63, 3.8) is 0 Å². The van der Waals surface area contributed by atoms with Gasteiger partial charge >= 0.3 is 0 Å². The highest BCUT2D eigenvalue weighted by atomic mass is 32.2. The molecule has 29 heavy (non-hydrogen) atoms. The van der Waals surface area contributed by atoms with Crippen LogP contribution in [0, 0.1) is 0 Å². The molecule has 2 aromatic heterocycles. The number of rotatable bonds is 4. The Bertz CT molecular complexity index is 1150. The van der Waals surface area contributed by atoms with Crippen molar-refractivity contribution in [3.05, 3.63) is 87.7 Å². The van der Waals surface area contributed by atoms with Crippen LogP contribution in [0.1, 0.15) is 27.7 Å². The Hall–Kier alpha value is -2.50. The van der Waals surface area contributed by atoms with Crippen LogP contribution in [0.3, 0.4) is 0 Å². The van der Waals surface area contributed by atoms with Crippen molar-refractivity contribution in [2.75, 3.05) is 12.8 Å². The van der Waals surface area contributed by atoms with Crippen LogP contribution in [-0.2, 0) is 17.6 Å². The summed E-state index contributed by atoms with van der Waals surface area (Å²) in [5.41, 5.74) is 4.82. The van der Waals surface area contributed by atoms with Gasteiger partial charge in [0.05, 0.1) is 12.5 Å². The zero-order chi connectivity index (χ0) is 19.8. The molecule has 0 unspecified atom stereocenters. The van der Waals surface area contributed by atoms with E-state index in [0.29, 0.717) is 6.42 Å². The van der Waals surface area contributed by atoms with Gasteiger partial charge in [-0.3, -0.25) is 4.79 Å². The highest BCUT2D eigenvalue weighted by Crippen LogP contribution is 2.39. The molecule has 0 saturated heterocycles. The first-order valence-corrected chi connectivity index (χ1v) is 11.9. The lowest BCUT2D eigenvalue weighted by molar-refractivity contribution is -0.132. The summed E-state index contributed by atoms with van der Waals surface area (Å²) in [6.07, 6.45) is 3.43. The summed E-state index contributed by atoms with van der Waals surface area (Å²) in [5.74, 6) is 0.190. The predicted octanol–water partition coefficient (Wildman–Crippen LogP) is 5.67. The summed E-state index contributed by atoms with van der Waals surface area (Å²) in [5, 5.41) is 3.31. The van der Waals surface area contributed by atoms with Gasteiger partial charge in [-0.15, -0.1) is 23.1 Å². The lowest BCUT2D eigenvalue weighted by atomic mass is 9.92. The van der Waals surface area contributed by atoms with E-state index in [2.05, 4.69) is 64.7 Å². The van der Waals surface area contributed by atoms with Crippen LogP contribution >= 0.6 is 23.1 Å². The van der Waals surface area contributed by atoms with Crippen LogP contribution < -0.4 is 0 Å². The van der Waals surface area contributed by atoms with Crippen molar-refractivity contribution in [2.45, 2.75) is 23.8 Å². The molecule has 0 spiro atoms. The summed E-state index contributed by atoms with van der Waals surface area (Å²) >= 11 is 3.39. The lowest BCUT2D eigenvalue weighted by Gasteiger charge is -2.36. The number of benzene rings is 2. The number of para-hydroxylation sites is 1. The standard InChI is InChI=1S/C24H22N2OS2/c1-28-17-10-8-16(9-11-17)24-23-20(19-6-2-3-7-21(19)25-23)12-13-26(24)22(27)15-18-5-4-14-29-18/h2-11,14,24-25H,12-13,15H2,1H3/t24-/m0/s1. The van der Waals surface area contributed by atoms with E-state index in [-0.39, 0.29) is 11.9 Å². The molecule has 1 aliphatic heterocycles. The molecule has 0 saturated carbocycles. The van der Waals surface area contributed by atoms with Crippen LogP contribution in [0.2, 0.25) is 0 Å². The van der Waals surface area contributed by atoms with Gasteiger partial charge in [0, 0.05) is 32.9 Å². The fourth-order valence-electron chi connectivity index (χ4n) is 4.31. The van der Waals surface area contributed by atoms with Crippen LogP contribution in [0.15, 0.2) is 70.9 Å². The van der Waals surface area contributed by atoms with E-state index < -0.39 is 0 Å². The van der Waals surface area contributed by atoms with Gasteiger partial charge < -0.3 is 9.88 Å². The van der Waals surface area contributed by atoms with Crippen molar-refractivity contribution in [1.29, 1.82) is 0 Å². The first kappa shape index (κ1) is 18.5. The van der Waals surface area contributed by atoms with Gasteiger partial charge in [-0.2, -0.15) is 0 Å². The average molecular weight is 419 g/mol. The van der Waals surface area contributed by atoms with Gasteiger partial charge in [-0.25, -0.2) is 0 Å². The molecule has 3 nitrogen and oxygen atoms in total. The van der Waals surface area contributed by atoms with E-state index in [0.717, 1.165) is 34.6 Å². The Labute approximate surface area is 178 Å². The molecule has 0 bridgehead atoms. The van der Waals surface area contributed by atoms with Gasteiger partial charge in [0.2, 0.25) is 5.91 Å². The minimum atomic E-state index is -0.0745. The summed E-state index contributed by atoms with van der Waals surface area (Å²) in [7, 11) is 0. The number of hydrogen-bond donors (Lipinski definition) is 1. The zero-order valence-corrected chi connectivity index (χ0v) is 17.9. The molecule has 5 rings (SSSR count). The smallest absolute Gasteiger partial charge is 0.228 e. The highest BCUT2D eigenvalue weighted by molar-refractivity contribution is 7.98. The molecule has 2 aromatic carbocycles. The van der Waals surface area contributed by atoms with Crippen molar-refractivity contribution in [1.82, 2.24) is 9.88 Å². The van der Waals surface area contributed by atoms with Crippen molar-refractivity contribution in [2.24, 2.45) is 0 Å². The number of aromatic nitrogens is 1. The number of nitrogens with one attached hydrogen (secondary N) is 1. The molecular weight excluding hydrogens is 396 g/mol. The Balaban J connectivity index is 1.59. The first-order valence-electron chi connectivity index (χ1n) is 9.80. The average Bonchev–Trinajstić information content (AvgIpc) is 3.40. The number of thioether (sulfide) groups is 1. The second kappa shape index (κ2) is 7.73. The fraction of sp³-hybridized carbons (Fsp3) is 0.208. The summed E-state index contributed by atoms with van der Waals surface area (Å²) in [4.78, 5) is 21.4. The van der Waals surface area contributed by atoms with E-state index in [4.69, 9.17) is 0 Å². The number of thiophene rings is 1. The van der Waals surface area contributed by atoms with Gasteiger partial charge in [-0.1, -0.05) is 36.4 Å². The molecule has 4 aromatic rings. The molecule has 146 valence electrons. The largest absolute Gasteiger partial charge is 0.356 e. The minimum absolute atomic E-state index is 0.0745. The summed E-state index contributed by atoms with van der Waals surface area (Å²) in [6, 6.07) is 21.1. The van der Waals surface area contributed by atoms with Gasteiger partial charge in [0.15, 0.2) is 0 Å². The molecule has 5 heteroatoms. The van der Waals surface area contributed by atoms with Crippen molar-refractivity contribution >= 4 is 39.9 Å². The second-order valence-corrected chi connectivity index (χ2v) is 9.24. The van der Waals surface area contributed by atoms with Gasteiger partial charge in [0.25, 0.3) is 0 Å². The number of carbonyl (C=O) groups is 1. The Morgan fingerprint density at radius 2 is 1.97 bits per heavy atom. The number of aromatic amines is 1. The number of carbonyl (C=O) groups excluding carboxylic acids is 1. The first-order chi connectivity index (χ1) is 14.2. The molecule has 0 radical (unpaired) electrons. The Kier molecular flexibility index (Phi) is 4.94. The number of amides is 1. The third-order valence-electron chi connectivity index (χ3n) is 5.69. The Morgan fingerprint density at radius 1 is 1.14 bits per heavy atom. The van der Waals surface area contributed by atoms with E-state index in [1.807, 2.05) is 17.5 Å². The quantitative estimate of drug-likeness (QED) is 0.434. The molecule has 1 N–H and O–H groups in total. The molecular formula is C24H22N2OS2. The number of hydrogen-bond acceptors (Lipinski definition) is 3. The van der Waals surface area contributed by atoms with Crippen molar-refractivity contribution in [3.8, 4) is 0 Å². The maximum atomic E-state index is 13.3. The maximum Gasteiger partial charge on any atom is 0.228 e. The second-order valence-electron chi connectivity index (χ2n) is 7.33. The monoisotopic (exact) mass is 418 g/mol. The van der Waals surface area contributed by atoms with Gasteiger partial charge in [-0.05, 0) is 53.4 Å². The van der Waals surface area contributed by atoms with Crippen LogP contribution in [-0.4, -0.2) is 28.6 Å². The van der Waals surface area contributed by atoms with E-state index in [1.54, 1.807) is 23.1 Å². The third kappa shape index (κ3) is 3.38. The molecule has 0 aliphatic carbocycles.